The quantitative estimate of drug-likeness (QED) is 0.870. The van der Waals surface area contributed by atoms with E-state index in [2.05, 4.69) is 10.1 Å². The van der Waals surface area contributed by atoms with Crippen LogP contribution in [0.5, 0.6) is 5.75 Å². The molecule has 0 aliphatic heterocycles. The van der Waals surface area contributed by atoms with Gasteiger partial charge in [-0.05, 0) is 12.5 Å². The maximum Gasteiger partial charge on any atom is 0.223 e. The van der Waals surface area contributed by atoms with Crippen molar-refractivity contribution >= 4 is 0 Å². The number of para-hydroxylation sites is 1. The lowest BCUT2D eigenvalue weighted by molar-refractivity contribution is 0.281. The van der Waals surface area contributed by atoms with Crippen molar-refractivity contribution < 1.29 is 9.26 Å². The van der Waals surface area contributed by atoms with Crippen LogP contribution < -0.4 is 10.5 Å². The molecule has 0 spiro atoms. The summed E-state index contributed by atoms with van der Waals surface area (Å²) in [5.74, 6) is 1.87. The number of ether oxygens (including phenoxy) is 1. The van der Waals surface area contributed by atoms with Gasteiger partial charge < -0.3 is 15.0 Å². The maximum absolute atomic E-state index is 5.69. The third-order valence-electron chi connectivity index (χ3n) is 2.43. The maximum atomic E-state index is 5.69. The zero-order valence-electron chi connectivity index (χ0n) is 9.93. The van der Waals surface area contributed by atoms with Crippen LogP contribution in [-0.4, -0.2) is 10.1 Å². The second-order valence-corrected chi connectivity index (χ2v) is 3.79. The van der Waals surface area contributed by atoms with Gasteiger partial charge in [-0.3, -0.25) is 0 Å². The Morgan fingerprint density at radius 2 is 2.18 bits per heavy atom. The molecular weight excluding hydrogens is 218 g/mol. The van der Waals surface area contributed by atoms with Crippen molar-refractivity contribution in [3.8, 4) is 5.75 Å². The molecule has 0 saturated heterocycles. The number of nitrogens with zero attached hydrogens (tertiary/aromatic N) is 2. The Bertz CT molecular complexity index is 508. The van der Waals surface area contributed by atoms with Gasteiger partial charge in [-0.15, -0.1) is 0 Å². The Balaban J connectivity index is 2.13. The number of aryl methyl sites for hydroxylation is 2. The summed E-state index contributed by atoms with van der Waals surface area (Å²) in [7, 11) is 0. The lowest BCUT2D eigenvalue weighted by atomic mass is 10.1. The fraction of sp³-hybridized carbons (Fsp3) is 0.333. The van der Waals surface area contributed by atoms with Crippen LogP contribution in [0, 0.1) is 13.8 Å². The molecule has 0 bridgehead atoms. The molecule has 0 aliphatic rings. The van der Waals surface area contributed by atoms with Crippen molar-refractivity contribution in [1.29, 1.82) is 0 Å². The second-order valence-electron chi connectivity index (χ2n) is 3.79. The lowest BCUT2D eigenvalue weighted by Gasteiger charge is -2.11. The third-order valence-corrected chi connectivity index (χ3v) is 2.43. The molecule has 2 aromatic rings. The molecule has 0 radical (unpaired) electrons. The fourth-order valence-corrected chi connectivity index (χ4v) is 1.62. The van der Waals surface area contributed by atoms with Crippen LogP contribution in [0.15, 0.2) is 22.7 Å². The van der Waals surface area contributed by atoms with Crippen molar-refractivity contribution in [2.75, 3.05) is 0 Å². The van der Waals surface area contributed by atoms with E-state index >= 15 is 0 Å². The van der Waals surface area contributed by atoms with E-state index < -0.39 is 0 Å². The molecule has 0 unspecified atom stereocenters. The number of aromatic nitrogens is 2. The predicted molar refractivity (Wildman–Crippen MR) is 62.4 cm³/mol. The molecular formula is C12H15N3O2. The number of hydrogen-bond donors (Lipinski definition) is 1. The summed E-state index contributed by atoms with van der Waals surface area (Å²) in [4.78, 5) is 4.08. The van der Waals surface area contributed by atoms with Crippen molar-refractivity contribution in [2.24, 2.45) is 5.73 Å². The van der Waals surface area contributed by atoms with E-state index in [4.69, 9.17) is 15.0 Å². The summed E-state index contributed by atoms with van der Waals surface area (Å²) in [5.41, 5.74) is 7.69. The molecule has 0 saturated carbocycles. The van der Waals surface area contributed by atoms with Gasteiger partial charge in [-0.2, -0.15) is 4.98 Å². The van der Waals surface area contributed by atoms with Gasteiger partial charge in [0.2, 0.25) is 11.7 Å². The summed E-state index contributed by atoms with van der Waals surface area (Å²) < 4.78 is 10.6. The van der Waals surface area contributed by atoms with Crippen LogP contribution in [0.2, 0.25) is 0 Å². The number of nitrogens with two attached hydrogens (primary N) is 1. The summed E-state index contributed by atoms with van der Waals surface area (Å²) in [6.45, 7) is 4.46. The Labute approximate surface area is 99.6 Å². The van der Waals surface area contributed by atoms with Crippen LogP contribution in [-0.2, 0) is 13.2 Å². The highest BCUT2D eigenvalue weighted by molar-refractivity contribution is 5.40. The zero-order chi connectivity index (χ0) is 12.3. The number of hydrogen-bond acceptors (Lipinski definition) is 5. The molecule has 0 amide bonds. The molecule has 17 heavy (non-hydrogen) atoms. The van der Waals surface area contributed by atoms with E-state index in [0.717, 1.165) is 16.9 Å². The number of benzene rings is 1. The minimum absolute atomic E-state index is 0.287. The second kappa shape index (κ2) is 4.97. The van der Waals surface area contributed by atoms with Gasteiger partial charge in [-0.1, -0.05) is 23.4 Å². The van der Waals surface area contributed by atoms with Crippen molar-refractivity contribution in [2.45, 2.75) is 27.0 Å². The van der Waals surface area contributed by atoms with Crippen LogP contribution >= 0.6 is 0 Å². The van der Waals surface area contributed by atoms with Gasteiger partial charge in [0.1, 0.15) is 5.75 Å². The summed E-state index contributed by atoms with van der Waals surface area (Å²) in [5, 5.41) is 3.77. The van der Waals surface area contributed by atoms with Gasteiger partial charge in [0, 0.05) is 19.0 Å². The molecule has 5 nitrogen and oxygen atoms in total. The third kappa shape index (κ3) is 2.62. The Kier molecular flexibility index (Phi) is 3.39. The molecule has 1 heterocycles. The summed E-state index contributed by atoms with van der Waals surface area (Å²) >= 11 is 0. The topological polar surface area (TPSA) is 74.2 Å². The first-order chi connectivity index (χ1) is 8.20. The van der Waals surface area contributed by atoms with E-state index in [0.29, 0.717) is 18.3 Å². The largest absolute Gasteiger partial charge is 0.485 e. The smallest absolute Gasteiger partial charge is 0.223 e. The van der Waals surface area contributed by atoms with Crippen LogP contribution in [0.1, 0.15) is 22.8 Å². The normalized spacial score (nSPS) is 10.5. The highest BCUT2D eigenvalue weighted by atomic mass is 16.5. The van der Waals surface area contributed by atoms with Gasteiger partial charge >= 0.3 is 0 Å². The molecule has 1 aromatic heterocycles. The molecule has 0 fully saturated rings. The van der Waals surface area contributed by atoms with E-state index in [1.807, 2.05) is 25.1 Å². The van der Waals surface area contributed by atoms with Crippen molar-refractivity contribution in [3.05, 3.63) is 41.0 Å². The molecule has 90 valence electrons. The van der Waals surface area contributed by atoms with E-state index in [-0.39, 0.29) is 6.61 Å². The Hall–Kier alpha value is -1.88. The van der Waals surface area contributed by atoms with Gasteiger partial charge in [-0.25, -0.2) is 0 Å². The molecule has 0 atom stereocenters. The highest BCUT2D eigenvalue weighted by Crippen LogP contribution is 2.23. The van der Waals surface area contributed by atoms with Crippen LogP contribution in [0.4, 0.5) is 0 Å². The average molecular weight is 233 g/mol. The standard InChI is InChI=1S/C12H15N3O2/c1-8-4-3-5-10(6-13)12(8)16-7-11-14-9(2)17-15-11/h3-5H,6-7,13H2,1-2H3. The first kappa shape index (κ1) is 11.6. The molecule has 5 heteroatoms. The van der Waals surface area contributed by atoms with Crippen molar-refractivity contribution in [3.63, 3.8) is 0 Å². The molecule has 1 aromatic carbocycles. The zero-order valence-corrected chi connectivity index (χ0v) is 9.93. The average Bonchev–Trinajstić information content (AvgIpc) is 2.73. The summed E-state index contributed by atoms with van der Waals surface area (Å²) in [6, 6.07) is 5.89. The number of rotatable bonds is 4. The van der Waals surface area contributed by atoms with Crippen molar-refractivity contribution in [1.82, 2.24) is 10.1 Å². The van der Waals surface area contributed by atoms with Crippen LogP contribution in [0.25, 0.3) is 0 Å². The van der Waals surface area contributed by atoms with E-state index in [9.17, 15) is 0 Å². The predicted octanol–water partition coefficient (Wildman–Crippen LogP) is 1.72. The Morgan fingerprint density at radius 3 is 2.82 bits per heavy atom. The minimum atomic E-state index is 0.287. The molecule has 2 N–H and O–H groups in total. The first-order valence-electron chi connectivity index (χ1n) is 5.41. The minimum Gasteiger partial charge on any atom is -0.485 e. The molecule has 0 aliphatic carbocycles. The van der Waals surface area contributed by atoms with Gasteiger partial charge in [0.15, 0.2) is 6.61 Å². The van der Waals surface area contributed by atoms with Gasteiger partial charge in [0.25, 0.3) is 0 Å². The highest BCUT2D eigenvalue weighted by Gasteiger charge is 2.08. The first-order valence-corrected chi connectivity index (χ1v) is 5.41. The van der Waals surface area contributed by atoms with E-state index in [1.54, 1.807) is 6.92 Å². The van der Waals surface area contributed by atoms with Gasteiger partial charge in [0.05, 0.1) is 0 Å². The monoisotopic (exact) mass is 233 g/mol. The fourth-order valence-electron chi connectivity index (χ4n) is 1.62. The van der Waals surface area contributed by atoms with E-state index in [1.165, 1.54) is 0 Å². The Morgan fingerprint density at radius 1 is 1.35 bits per heavy atom. The molecule has 2 rings (SSSR count). The SMILES string of the molecule is Cc1nc(COc2c(C)cccc2CN)no1. The van der Waals surface area contributed by atoms with Crippen LogP contribution in [0.3, 0.4) is 0 Å². The summed E-state index contributed by atoms with van der Waals surface area (Å²) in [6.07, 6.45) is 0. The lowest BCUT2D eigenvalue weighted by Crippen LogP contribution is -2.05.